The van der Waals surface area contributed by atoms with Gasteiger partial charge in [0.1, 0.15) is 0 Å². The van der Waals surface area contributed by atoms with Gasteiger partial charge < -0.3 is 19.3 Å². The Bertz CT molecular complexity index is 1090. The molecule has 1 N–H and O–H groups in total. The average Bonchev–Trinajstić information content (AvgIpc) is 3.41. The van der Waals surface area contributed by atoms with Crippen molar-refractivity contribution in [2.24, 2.45) is 34.5 Å². The van der Waals surface area contributed by atoms with Crippen LogP contribution in [0.5, 0.6) is 0 Å². The first-order chi connectivity index (χ1) is 18.6. The molecule has 1 saturated heterocycles. The van der Waals surface area contributed by atoms with Crippen molar-refractivity contribution in [2.75, 3.05) is 6.61 Å². The molecule has 7 nitrogen and oxygen atoms in total. The molecular weight excluding hydrogens is 496 g/mol. The van der Waals surface area contributed by atoms with E-state index in [-0.39, 0.29) is 59.7 Å². The number of carbonyl (C=O) groups is 3. The summed E-state index contributed by atoms with van der Waals surface area (Å²) in [4.78, 5) is 38.7. The molecule has 0 spiro atoms. The fourth-order valence-electron chi connectivity index (χ4n) is 9.65. The number of carbonyl (C=O) groups excluding carboxylic acids is 3. The zero-order chi connectivity index (χ0) is 27.6. The zero-order valence-corrected chi connectivity index (χ0v) is 23.7. The minimum absolute atomic E-state index is 0.0394. The molecule has 1 unspecified atom stereocenters. The Balaban J connectivity index is 1.35. The summed E-state index contributed by atoms with van der Waals surface area (Å²) in [5.74, 6) is -0.0524. The van der Waals surface area contributed by atoms with Crippen LogP contribution < -0.4 is 0 Å². The SMILES string of the molecule is CCCC(=O)OCC(=O)[C@@]12OC(C3CCCCC3)O[C@@H]1C[C@H]1[C@@H]3CC=C4CC(=O)C=C[C@]4(C)[C@H]3[C@@H](O)C[C@@]12C. The van der Waals surface area contributed by atoms with Gasteiger partial charge in [0.25, 0.3) is 0 Å². The van der Waals surface area contributed by atoms with E-state index in [0.29, 0.717) is 25.7 Å². The van der Waals surface area contributed by atoms with Crippen LogP contribution in [0.25, 0.3) is 0 Å². The van der Waals surface area contributed by atoms with E-state index < -0.39 is 29.5 Å². The molecule has 1 aliphatic heterocycles. The van der Waals surface area contributed by atoms with Gasteiger partial charge in [-0.3, -0.25) is 14.4 Å². The van der Waals surface area contributed by atoms with Gasteiger partial charge in [-0.25, -0.2) is 0 Å². The number of ketones is 2. The van der Waals surface area contributed by atoms with E-state index in [1.807, 2.05) is 13.0 Å². The number of fused-ring (bicyclic) bond motifs is 7. The van der Waals surface area contributed by atoms with Crippen LogP contribution in [0.4, 0.5) is 0 Å². The Morgan fingerprint density at radius 2 is 1.95 bits per heavy atom. The third-order valence-corrected chi connectivity index (χ3v) is 11.5. The van der Waals surface area contributed by atoms with Crippen LogP contribution in [0.2, 0.25) is 0 Å². The standard InChI is InChI=1S/C32H44O7/c1-4-8-27(36)37-18-25(35)32-26(38-29(39-32)19-9-6-5-7-10-19)16-23-22-12-11-20-15-21(33)13-14-30(20,2)28(22)24(34)17-31(23,32)3/h11,13-14,19,22-24,26,28-29,34H,4-10,12,15-18H2,1-3H3/t22-,23-,24-,26+,28+,29?,30-,31-,32+/m0/s1. The summed E-state index contributed by atoms with van der Waals surface area (Å²) < 4.78 is 19.0. The molecular formula is C32H44O7. The van der Waals surface area contributed by atoms with Gasteiger partial charge in [-0.1, -0.05) is 57.8 Å². The molecule has 0 aromatic carbocycles. The van der Waals surface area contributed by atoms with E-state index in [0.717, 1.165) is 37.7 Å². The van der Waals surface area contributed by atoms with Crippen molar-refractivity contribution >= 4 is 17.5 Å². The molecule has 9 atom stereocenters. The van der Waals surface area contributed by atoms with Crippen LogP contribution in [0.3, 0.4) is 0 Å². The number of rotatable bonds is 6. The van der Waals surface area contributed by atoms with Crippen LogP contribution in [0, 0.1) is 34.5 Å². The van der Waals surface area contributed by atoms with Crippen molar-refractivity contribution in [2.45, 2.75) is 115 Å². The first kappa shape index (κ1) is 27.3. The third kappa shape index (κ3) is 4.05. The quantitative estimate of drug-likeness (QED) is 0.380. The molecule has 3 saturated carbocycles. The zero-order valence-electron chi connectivity index (χ0n) is 23.7. The number of allylic oxidation sites excluding steroid dienone is 4. The number of esters is 1. The lowest BCUT2D eigenvalue weighted by molar-refractivity contribution is -0.208. The van der Waals surface area contributed by atoms with Crippen LogP contribution in [0.1, 0.15) is 91.4 Å². The normalized spacial score (nSPS) is 45.1. The average molecular weight is 541 g/mol. The fourth-order valence-corrected chi connectivity index (χ4v) is 9.65. The Morgan fingerprint density at radius 3 is 2.69 bits per heavy atom. The lowest BCUT2D eigenvalue weighted by Crippen LogP contribution is -2.63. The van der Waals surface area contributed by atoms with Crippen LogP contribution in [-0.4, -0.2) is 53.3 Å². The summed E-state index contributed by atoms with van der Waals surface area (Å²) in [5.41, 5.74) is -1.18. The van der Waals surface area contributed by atoms with Crippen molar-refractivity contribution in [3.8, 4) is 0 Å². The van der Waals surface area contributed by atoms with Gasteiger partial charge >= 0.3 is 5.97 Å². The number of hydrogen-bond acceptors (Lipinski definition) is 7. The van der Waals surface area contributed by atoms with Gasteiger partial charge in [-0.2, -0.15) is 0 Å². The van der Waals surface area contributed by atoms with E-state index in [2.05, 4.69) is 19.9 Å². The second-order valence-electron chi connectivity index (χ2n) is 13.5. The van der Waals surface area contributed by atoms with Gasteiger partial charge in [0.05, 0.1) is 12.2 Å². The Kier molecular flexibility index (Phi) is 6.95. The van der Waals surface area contributed by atoms with E-state index in [9.17, 15) is 19.5 Å². The number of aliphatic hydroxyl groups is 1. The van der Waals surface area contributed by atoms with Gasteiger partial charge in [0.2, 0.25) is 5.78 Å². The molecule has 4 fully saturated rings. The molecule has 1 heterocycles. The number of aliphatic hydroxyl groups excluding tert-OH is 1. The molecule has 0 amide bonds. The van der Waals surface area contributed by atoms with Crippen molar-refractivity contribution in [1.82, 2.24) is 0 Å². The first-order valence-corrected chi connectivity index (χ1v) is 15.3. The number of Topliss-reactive ketones (excluding diaryl/α,β-unsaturated/α-hetero) is 1. The topological polar surface area (TPSA) is 99.1 Å². The van der Waals surface area contributed by atoms with Gasteiger partial charge in [-0.15, -0.1) is 0 Å². The monoisotopic (exact) mass is 540 g/mol. The molecule has 0 bridgehead atoms. The third-order valence-electron chi connectivity index (χ3n) is 11.5. The Hall–Kier alpha value is -1.83. The highest BCUT2D eigenvalue weighted by Crippen LogP contribution is 2.69. The molecule has 5 aliphatic carbocycles. The fraction of sp³-hybridized carbons (Fsp3) is 0.781. The van der Waals surface area contributed by atoms with E-state index >= 15 is 0 Å². The predicted octanol–water partition coefficient (Wildman–Crippen LogP) is 4.85. The van der Waals surface area contributed by atoms with Crippen molar-refractivity contribution in [3.63, 3.8) is 0 Å². The lowest BCUT2D eigenvalue weighted by Gasteiger charge is -2.59. The maximum Gasteiger partial charge on any atom is 0.306 e. The number of hydrogen-bond donors (Lipinski definition) is 1. The summed E-state index contributed by atoms with van der Waals surface area (Å²) in [6, 6.07) is 0. The van der Waals surface area contributed by atoms with Crippen LogP contribution in [-0.2, 0) is 28.6 Å². The number of ether oxygens (including phenoxy) is 3. The highest BCUT2D eigenvalue weighted by Gasteiger charge is 2.76. The summed E-state index contributed by atoms with van der Waals surface area (Å²) in [6.07, 6.45) is 13.1. The van der Waals surface area contributed by atoms with Crippen molar-refractivity contribution in [3.05, 3.63) is 23.8 Å². The van der Waals surface area contributed by atoms with E-state index in [1.54, 1.807) is 6.08 Å². The molecule has 6 aliphatic rings. The summed E-state index contributed by atoms with van der Waals surface area (Å²) in [7, 11) is 0. The highest BCUT2D eigenvalue weighted by atomic mass is 16.7. The maximum absolute atomic E-state index is 14.2. The minimum atomic E-state index is -1.25. The van der Waals surface area contributed by atoms with Crippen LogP contribution in [0.15, 0.2) is 23.8 Å². The van der Waals surface area contributed by atoms with Crippen molar-refractivity contribution < 1.29 is 33.7 Å². The smallest absolute Gasteiger partial charge is 0.306 e. The van der Waals surface area contributed by atoms with Gasteiger partial charge in [0, 0.05) is 35.5 Å². The minimum Gasteiger partial charge on any atom is -0.458 e. The first-order valence-electron chi connectivity index (χ1n) is 15.3. The van der Waals surface area contributed by atoms with E-state index in [1.165, 1.54) is 6.42 Å². The molecule has 39 heavy (non-hydrogen) atoms. The predicted molar refractivity (Wildman–Crippen MR) is 143 cm³/mol. The van der Waals surface area contributed by atoms with E-state index in [4.69, 9.17) is 14.2 Å². The second kappa shape index (κ2) is 9.92. The molecule has 7 heteroatoms. The summed E-state index contributed by atoms with van der Waals surface area (Å²) in [6.45, 7) is 5.85. The second-order valence-corrected chi connectivity index (χ2v) is 13.5. The molecule has 0 radical (unpaired) electrons. The summed E-state index contributed by atoms with van der Waals surface area (Å²) >= 11 is 0. The molecule has 6 rings (SSSR count). The van der Waals surface area contributed by atoms with Crippen LogP contribution >= 0.6 is 0 Å². The lowest BCUT2D eigenvalue weighted by atomic mass is 9.47. The summed E-state index contributed by atoms with van der Waals surface area (Å²) in [5, 5.41) is 11.9. The van der Waals surface area contributed by atoms with Gasteiger partial charge in [0.15, 0.2) is 24.3 Å². The molecule has 214 valence electrons. The Labute approximate surface area is 231 Å². The molecule has 0 aromatic heterocycles. The maximum atomic E-state index is 14.2. The van der Waals surface area contributed by atoms with Gasteiger partial charge in [-0.05, 0) is 56.4 Å². The highest BCUT2D eigenvalue weighted by molar-refractivity contribution is 5.94. The Morgan fingerprint density at radius 1 is 1.18 bits per heavy atom. The largest absolute Gasteiger partial charge is 0.458 e. The van der Waals surface area contributed by atoms with Crippen molar-refractivity contribution in [1.29, 1.82) is 0 Å². The molecule has 0 aromatic rings.